The van der Waals surface area contributed by atoms with E-state index >= 15 is 0 Å². The molecule has 4 heteroatoms. The zero-order chi connectivity index (χ0) is 28.8. The number of nitrogens with zero attached hydrogens (tertiary/aromatic N) is 3. The highest BCUT2D eigenvalue weighted by molar-refractivity contribution is 6.34. The molecule has 7 aromatic carbocycles. The lowest BCUT2D eigenvalue weighted by atomic mass is 9.95. The van der Waals surface area contributed by atoms with Gasteiger partial charge in [0.05, 0.1) is 16.4 Å². The Labute approximate surface area is 251 Å². The monoisotopic (exact) mass is 561 g/mol. The second-order valence-corrected chi connectivity index (χ2v) is 11.4. The quantitative estimate of drug-likeness (QED) is 0.202. The van der Waals surface area contributed by atoms with Crippen LogP contribution in [0, 0.1) is 0 Å². The maximum absolute atomic E-state index is 6.59. The van der Waals surface area contributed by atoms with Crippen LogP contribution in [0.1, 0.15) is 0 Å². The highest BCUT2D eigenvalue weighted by atomic mass is 16.3. The molecular formula is C40H23N3O. The Balaban J connectivity index is 1.37. The fraction of sp³-hybridized carbons (Fsp3) is 0. The molecule has 0 aliphatic carbocycles. The van der Waals surface area contributed by atoms with Gasteiger partial charge >= 0.3 is 0 Å². The van der Waals surface area contributed by atoms with Crippen molar-refractivity contribution in [2.45, 2.75) is 0 Å². The molecule has 0 aliphatic heterocycles. The first-order valence-electron chi connectivity index (χ1n) is 14.8. The molecule has 0 unspecified atom stereocenters. The Morgan fingerprint density at radius 1 is 0.432 bits per heavy atom. The lowest BCUT2D eigenvalue weighted by Crippen LogP contribution is -2.01. The van der Waals surface area contributed by atoms with Crippen LogP contribution in [0.15, 0.2) is 144 Å². The topological polar surface area (TPSA) is 43.9 Å². The fourth-order valence-corrected chi connectivity index (χ4v) is 7.08. The van der Waals surface area contributed by atoms with Crippen LogP contribution in [-0.2, 0) is 0 Å². The standard InChI is InChI=1S/C40H23N3O/c1-3-11-24(12-4-1)26-21-22-31-34(23-26)44-40-37(31)39(41-38(42-40)25-13-5-2-6-14-25)43-32-19-9-17-29-27-15-7-8-16-28(27)30-18-10-20-33(43)36(30)35(29)32/h1-23H. The average molecular weight is 562 g/mol. The Hall–Kier alpha value is -6.00. The van der Waals surface area contributed by atoms with Gasteiger partial charge in [-0.05, 0) is 56.9 Å². The van der Waals surface area contributed by atoms with Crippen molar-refractivity contribution in [1.29, 1.82) is 0 Å². The molecule has 4 nitrogen and oxygen atoms in total. The normalized spacial score (nSPS) is 12.1. The largest absolute Gasteiger partial charge is 0.437 e. The Morgan fingerprint density at radius 2 is 1.02 bits per heavy atom. The van der Waals surface area contributed by atoms with E-state index in [1.807, 2.05) is 36.4 Å². The lowest BCUT2D eigenvalue weighted by molar-refractivity contribution is 0.653. The van der Waals surface area contributed by atoms with Crippen LogP contribution in [0.3, 0.4) is 0 Å². The van der Waals surface area contributed by atoms with Crippen molar-refractivity contribution in [2.24, 2.45) is 0 Å². The average Bonchev–Trinajstić information content (AvgIpc) is 3.64. The van der Waals surface area contributed by atoms with E-state index in [0.717, 1.165) is 49.9 Å². The minimum Gasteiger partial charge on any atom is -0.437 e. The number of furan rings is 1. The van der Waals surface area contributed by atoms with Gasteiger partial charge in [-0.2, -0.15) is 4.98 Å². The summed E-state index contributed by atoms with van der Waals surface area (Å²) in [7, 11) is 0. The van der Waals surface area contributed by atoms with E-state index in [4.69, 9.17) is 14.4 Å². The number of rotatable bonds is 3. The van der Waals surface area contributed by atoms with E-state index in [1.54, 1.807) is 0 Å². The van der Waals surface area contributed by atoms with Gasteiger partial charge in [-0.25, -0.2) is 4.98 Å². The summed E-state index contributed by atoms with van der Waals surface area (Å²) < 4.78 is 8.91. The van der Waals surface area contributed by atoms with Crippen LogP contribution in [0.25, 0.3) is 93.8 Å². The fourth-order valence-electron chi connectivity index (χ4n) is 7.08. The lowest BCUT2D eigenvalue weighted by Gasteiger charge is -2.10. The number of hydrogen-bond donors (Lipinski definition) is 0. The van der Waals surface area contributed by atoms with Crippen molar-refractivity contribution in [3.63, 3.8) is 0 Å². The van der Waals surface area contributed by atoms with Gasteiger partial charge in [0.2, 0.25) is 5.71 Å². The van der Waals surface area contributed by atoms with E-state index in [2.05, 4.69) is 108 Å². The first-order chi connectivity index (χ1) is 21.8. The van der Waals surface area contributed by atoms with E-state index in [1.165, 1.54) is 32.3 Å². The van der Waals surface area contributed by atoms with Gasteiger partial charge in [-0.1, -0.05) is 115 Å². The van der Waals surface area contributed by atoms with E-state index in [9.17, 15) is 0 Å². The third kappa shape index (κ3) is 3.17. The van der Waals surface area contributed by atoms with Crippen LogP contribution in [0.2, 0.25) is 0 Å². The van der Waals surface area contributed by atoms with E-state index in [-0.39, 0.29) is 0 Å². The van der Waals surface area contributed by atoms with Crippen LogP contribution in [0.4, 0.5) is 0 Å². The second kappa shape index (κ2) is 8.76. The van der Waals surface area contributed by atoms with Crippen molar-refractivity contribution < 1.29 is 4.42 Å². The summed E-state index contributed by atoms with van der Waals surface area (Å²) in [5.41, 5.74) is 6.80. The molecular weight excluding hydrogens is 538 g/mol. The predicted molar refractivity (Wildman–Crippen MR) is 181 cm³/mol. The SMILES string of the molecule is c1ccc(-c2ccc3c(c2)oc2nc(-c4ccccc4)nc(-n4c5cccc6c7ccccc7c7cccc4c7c65)c23)cc1. The molecule has 0 radical (unpaired) electrons. The molecule has 0 amide bonds. The van der Waals surface area contributed by atoms with Crippen molar-refractivity contribution in [3.8, 4) is 28.3 Å². The molecule has 0 fully saturated rings. The van der Waals surface area contributed by atoms with Gasteiger partial charge in [-0.15, -0.1) is 0 Å². The Kier molecular flexibility index (Phi) is 4.69. The van der Waals surface area contributed by atoms with Crippen molar-refractivity contribution >= 4 is 65.4 Å². The smallest absolute Gasteiger partial charge is 0.233 e. The molecule has 0 atom stereocenters. The number of aromatic nitrogens is 3. The summed E-state index contributed by atoms with van der Waals surface area (Å²) in [5, 5.41) is 9.43. The zero-order valence-electron chi connectivity index (χ0n) is 23.5. The summed E-state index contributed by atoms with van der Waals surface area (Å²) >= 11 is 0. The Bertz CT molecular complexity index is 2620. The van der Waals surface area contributed by atoms with Gasteiger partial charge in [0.1, 0.15) is 5.58 Å². The van der Waals surface area contributed by atoms with Crippen LogP contribution in [0.5, 0.6) is 0 Å². The summed E-state index contributed by atoms with van der Waals surface area (Å²) in [6.45, 7) is 0. The van der Waals surface area contributed by atoms with Gasteiger partial charge in [-0.3, -0.25) is 4.57 Å². The predicted octanol–water partition coefficient (Wildman–Crippen LogP) is 10.6. The molecule has 10 aromatic rings. The molecule has 0 saturated carbocycles. The summed E-state index contributed by atoms with van der Waals surface area (Å²) in [6.07, 6.45) is 0. The minimum absolute atomic E-state index is 0.578. The number of hydrogen-bond acceptors (Lipinski definition) is 3. The zero-order valence-corrected chi connectivity index (χ0v) is 23.5. The van der Waals surface area contributed by atoms with Gasteiger partial charge < -0.3 is 4.42 Å². The molecule has 3 aromatic heterocycles. The van der Waals surface area contributed by atoms with Crippen LogP contribution in [-0.4, -0.2) is 14.5 Å². The molecule has 0 spiro atoms. The molecule has 0 bridgehead atoms. The minimum atomic E-state index is 0.578. The van der Waals surface area contributed by atoms with Gasteiger partial charge in [0, 0.05) is 21.7 Å². The molecule has 204 valence electrons. The first kappa shape index (κ1) is 23.6. The third-order valence-electron chi connectivity index (χ3n) is 8.99. The number of fused-ring (bicyclic) bond motifs is 6. The van der Waals surface area contributed by atoms with Crippen LogP contribution < -0.4 is 0 Å². The van der Waals surface area contributed by atoms with Crippen molar-refractivity contribution in [2.75, 3.05) is 0 Å². The second-order valence-electron chi connectivity index (χ2n) is 11.4. The van der Waals surface area contributed by atoms with Gasteiger partial charge in [0.15, 0.2) is 11.6 Å². The van der Waals surface area contributed by atoms with E-state index in [0.29, 0.717) is 11.5 Å². The van der Waals surface area contributed by atoms with E-state index < -0.39 is 0 Å². The molecule has 44 heavy (non-hydrogen) atoms. The molecule has 0 N–H and O–H groups in total. The maximum atomic E-state index is 6.59. The van der Waals surface area contributed by atoms with Crippen LogP contribution >= 0.6 is 0 Å². The number of benzene rings is 7. The van der Waals surface area contributed by atoms with Crippen molar-refractivity contribution in [3.05, 3.63) is 140 Å². The molecule has 0 aliphatic rings. The summed E-state index contributed by atoms with van der Waals surface area (Å²) in [5.74, 6) is 1.45. The highest BCUT2D eigenvalue weighted by Gasteiger charge is 2.24. The Morgan fingerprint density at radius 3 is 1.68 bits per heavy atom. The molecule has 10 rings (SSSR count). The highest BCUT2D eigenvalue weighted by Crippen LogP contribution is 2.45. The first-order valence-corrected chi connectivity index (χ1v) is 14.8. The molecule has 0 saturated heterocycles. The van der Waals surface area contributed by atoms with Gasteiger partial charge in [0.25, 0.3) is 0 Å². The maximum Gasteiger partial charge on any atom is 0.233 e. The summed E-state index contributed by atoms with van der Waals surface area (Å²) in [4.78, 5) is 10.3. The third-order valence-corrected chi connectivity index (χ3v) is 8.99. The van der Waals surface area contributed by atoms with Crippen molar-refractivity contribution in [1.82, 2.24) is 14.5 Å². The summed E-state index contributed by atoms with van der Waals surface area (Å²) in [6, 6.07) is 48.9. The molecule has 3 heterocycles.